The zero-order valence-electron chi connectivity index (χ0n) is 9.84. The first-order chi connectivity index (χ1) is 8.25. The van der Waals surface area contributed by atoms with Crippen LogP contribution in [-0.2, 0) is 16.0 Å². The smallest absolute Gasteiger partial charge is 0.137 e. The van der Waals surface area contributed by atoms with Crippen LogP contribution >= 0.6 is 15.9 Å². The molecule has 0 radical (unpaired) electrons. The lowest BCUT2D eigenvalue weighted by Crippen LogP contribution is -2.20. The maximum absolute atomic E-state index is 13.2. The minimum Gasteiger partial charge on any atom is -0.382 e. The molecule has 0 amide bonds. The molecule has 1 aromatic rings. The molecule has 1 N–H and O–H groups in total. The fourth-order valence-corrected chi connectivity index (χ4v) is 1.70. The molecule has 0 aliphatic heterocycles. The topological polar surface area (TPSA) is 30.5 Å². The predicted octanol–water partition coefficient (Wildman–Crippen LogP) is 2.34. The third kappa shape index (κ3) is 5.59. The van der Waals surface area contributed by atoms with Crippen LogP contribution < -0.4 is 5.32 Å². The summed E-state index contributed by atoms with van der Waals surface area (Å²) in [6.07, 6.45) is 0. The second-order valence-electron chi connectivity index (χ2n) is 3.49. The van der Waals surface area contributed by atoms with Gasteiger partial charge in [-0.3, -0.25) is 0 Å². The molecule has 1 aromatic carbocycles. The van der Waals surface area contributed by atoms with E-state index in [1.54, 1.807) is 13.2 Å². The molecular formula is C12H17BrFNO2. The van der Waals surface area contributed by atoms with Crippen molar-refractivity contribution in [2.75, 3.05) is 33.5 Å². The van der Waals surface area contributed by atoms with Gasteiger partial charge in [0.05, 0.1) is 24.3 Å². The molecule has 0 fully saturated rings. The maximum atomic E-state index is 13.2. The highest BCUT2D eigenvalue weighted by Crippen LogP contribution is 2.19. The zero-order valence-corrected chi connectivity index (χ0v) is 11.4. The first kappa shape index (κ1) is 14.6. The Morgan fingerprint density at radius 3 is 2.88 bits per heavy atom. The number of benzene rings is 1. The van der Waals surface area contributed by atoms with E-state index in [0.29, 0.717) is 30.8 Å². The quantitative estimate of drug-likeness (QED) is 0.748. The van der Waals surface area contributed by atoms with Gasteiger partial charge in [-0.15, -0.1) is 0 Å². The minimum atomic E-state index is -0.236. The van der Waals surface area contributed by atoms with Gasteiger partial charge in [-0.2, -0.15) is 0 Å². The summed E-state index contributed by atoms with van der Waals surface area (Å²) in [6.45, 7) is 3.17. The first-order valence-electron chi connectivity index (χ1n) is 5.46. The van der Waals surface area contributed by atoms with Crippen molar-refractivity contribution < 1.29 is 13.9 Å². The van der Waals surface area contributed by atoms with Gasteiger partial charge in [0.25, 0.3) is 0 Å². The minimum absolute atomic E-state index is 0.236. The monoisotopic (exact) mass is 305 g/mol. The van der Waals surface area contributed by atoms with Crippen molar-refractivity contribution in [2.45, 2.75) is 6.54 Å². The average molecular weight is 306 g/mol. The Hall–Kier alpha value is -0.490. The lowest BCUT2D eigenvalue weighted by Gasteiger charge is -2.08. The highest BCUT2D eigenvalue weighted by Gasteiger charge is 2.03. The van der Waals surface area contributed by atoms with Gasteiger partial charge in [0.2, 0.25) is 0 Å². The van der Waals surface area contributed by atoms with Crippen molar-refractivity contribution in [2.24, 2.45) is 0 Å². The molecule has 0 saturated carbocycles. The second-order valence-corrected chi connectivity index (χ2v) is 4.29. The summed E-state index contributed by atoms with van der Waals surface area (Å²) in [5, 5.41) is 3.18. The largest absolute Gasteiger partial charge is 0.382 e. The number of ether oxygens (including phenoxy) is 2. The molecular weight excluding hydrogens is 289 g/mol. The van der Waals surface area contributed by atoms with Crippen molar-refractivity contribution in [1.29, 1.82) is 0 Å². The number of hydrogen-bond acceptors (Lipinski definition) is 3. The number of halogens is 2. The molecule has 96 valence electrons. The van der Waals surface area contributed by atoms with E-state index in [1.807, 2.05) is 6.07 Å². The average Bonchev–Trinajstić information content (AvgIpc) is 2.33. The summed E-state index contributed by atoms with van der Waals surface area (Å²) in [7, 11) is 1.64. The third-order valence-electron chi connectivity index (χ3n) is 2.20. The van der Waals surface area contributed by atoms with Gasteiger partial charge in [-0.05, 0) is 27.6 Å². The summed E-state index contributed by atoms with van der Waals surface area (Å²) in [6, 6.07) is 5.01. The standard InChI is InChI=1S/C12H17BrFNO2/c1-16-7-8-17-6-5-15-9-10-3-2-4-11(14)12(10)13/h2-4,15H,5-9H2,1H3. The molecule has 0 bridgehead atoms. The van der Waals surface area contributed by atoms with Crippen LogP contribution in [0.4, 0.5) is 4.39 Å². The number of hydrogen-bond donors (Lipinski definition) is 1. The Balaban J connectivity index is 2.16. The Morgan fingerprint density at radius 2 is 2.12 bits per heavy atom. The summed E-state index contributed by atoms with van der Waals surface area (Å²) in [5.74, 6) is -0.236. The normalized spacial score (nSPS) is 10.8. The Labute approximate surface area is 109 Å². The summed E-state index contributed by atoms with van der Waals surface area (Å²) in [4.78, 5) is 0. The Morgan fingerprint density at radius 1 is 1.29 bits per heavy atom. The molecule has 0 unspecified atom stereocenters. The second kappa shape index (κ2) is 8.58. The van der Waals surface area contributed by atoms with Crippen molar-refractivity contribution in [3.05, 3.63) is 34.1 Å². The van der Waals surface area contributed by atoms with Crippen molar-refractivity contribution in [3.8, 4) is 0 Å². The van der Waals surface area contributed by atoms with Crippen LogP contribution in [0.5, 0.6) is 0 Å². The lowest BCUT2D eigenvalue weighted by atomic mass is 10.2. The van der Waals surface area contributed by atoms with Crippen molar-refractivity contribution in [3.63, 3.8) is 0 Å². The molecule has 5 heteroatoms. The van der Waals surface area contributed by atoms with Gasteiger partial charge in [0, 0.05) is 20.2 Å². The summed E-state index contributed by atoms with van der Waals surface area (Å²) < 4.78 is 23.8. The fourth-order valence-electron chi connectivity index (χ4n) is 1.30. The van der Waals surface area contributed by atoms with Gasteiger partial charge >= 0.3 is 0 Å². The van der Waals surface area contributed by atoms with E-state index in [9.17, 15) is 4.39 Å². The van der Waals surface area contributed by atoms with Gasteiger partial charge < -0.3 is 14.8 Å². The maximum Gasteiger partial charge on any atom is 0.137 e. The molecule has 1 rings (SSSR count). The van der Waals surface area contributed by atoms with Crippen LogP contribution in [0.2, 0.25) is 0 Å². The Kier molecular flexibility index (Phi) is 7.35. The molecule has 0 atom stereocenters. The molecule has 0 aliphatic carbocycles. The highest BCUT2D eigenvalue weighted by atomic mass is 79.9. The number of methoxy groups -OCH3 is 1. The SMILES string of the molecule is COCCOCCNCc1cccc(F)c1Br. The van der Waals surface area contributed by atoms with Crippen LogP contribution in [0.1, 0.15) is 5.56 Å². The van der Waals surface area contributed by atoms with E-state index in [1.165, 1.54) is 6.07 Å². The molecule has 0 saturated heterocycles. The zero-order chi connectivity index (χ0) is 12.5. The van der Waals surface area contributed by atoms with E-state index in [2.05, 4.69) is 21.2 Å². The van der Waals surface area contributed by atoms with Crippen LogP contribution in [0.25, 0.3) is 0 Å². The molecule has 0 aromatic heterocycles. The van der Waals surface area contributed by atoms with Crippen molar-refractivity contribution >= 4 is 15.9 Å². The van der Waals surface area contributed by atoms with E-state index in [4.69, 9.17) is 9.47 Å². The van der Waals surface area contributed by atoms with E-state index in [0.717, 1.165) is 12.1 Å². The van der Waals surface area contributed by atoms with Gasteiger partial charge in [-0.25, -0.2) is 4.39 Å². The number of rotatable bonds is 8. The van der Waals surface area contributed by atoms with Crippen molar-refractivity contribution in [1.82, 2.24) is 5.32 Å². The van der Waals surface area contributed by atoms with Gasteiger partial charge in [0.1, 0.15) is 5.82 Å². The van der Waals surface area contributed by atoms with Crippen LogP contribution in [0.3, 0.4) is 0 Å². The first-order valence-corrected chi connectivity index (χ1v) is 6.25. The highest BCUT2D eigenvalue weighted by molar-refractivity contribution is 9.10. The summed E-state index contributed by atoms with van der Waals surface area (Å²) >= 11 is 3.22. The molecule has 17 heavy (non-hydrogen) atoms. The predicted molar refractivity (Wildman–Crippen MR) is 68.5 cm³/mol. The van der Waals surface area contributed by atoms with Gasteiger partial charge in [-0.1, -0.05) is 12.1 Å². The number of nitrogens with one attached hydrogen (secondary N) is 1. The van der Waals surface area contributed by atoms with Crippen LogP contribution in [0, 0.1) is 5.82 Å². The van der Waals surface area contributed by atoms with E-state index >= 15 is 0 Å². The third-order valence-corrected chi connectivity index (χ3v) is 3.09. The van der Waals surface area contributed by atoms with Crippen LogP contribution in [0.15, 0.2) is 22.7 Å². The van der Waals surface area contributed by atoms with E-state index in [-0.39, 0.29) is 5.82 Å². The van der Waals surface area contributed by atoms with Gasteiger partial charge in [0.15, 0.2) is 0 Å². The summed E-state index contributed by atoms with van der Waals surface area (Å²) in [5.41, 5.74) is 0.905. The van der Waals surface area contributed by atoms with E-state index < -0.39 is 0 Å². The molecule has 0 heterocycles. The Bertz CT molecular complexity index is 336. The van der Waals surface area contributed by atoms with Crippen LogP contribution in [-0.4, -0.2) is 33.5 Å². The molecule has 0 aliphatic rings. The molecule has 3 nitrogen and oxygen atoms in total. The fraction of sp³-hybridized carbons (Fsp3) is 0.500. The molecule has 0 spiro atoms. The lowest BCUT2D eigenvalue weighted by molar-refractivity contribution is 0.0719.